The summed E-state index contributed by atoms with van der Waals surface area (Å²) in [5, 5.41) is 16.6. The zero-order chi connectivity index (χ0) is 21.1. The van der Waals surface area contributed by atoms with E-state index in [2.05, 4.69) is 46.4 Å². The standard InChI is InChI=1S/C23H23N5O2/c1-15-5-6-18(10-16(15)2)22(19-4-3-8-24-13-19)26-23(30)20-11-21-25-12-17(7-9-29)14-28(21)27-20/h3-6,8,10-14,22,29H,7,9H2,1-2H3,(H,26,30). The molecule has 0 fully saturated rings. The van der Waals surface area contributed by atoms with Crippen LogP contribution in [0.15, 0.2) is 61.2 Å². The summed E-state index contributed by atoms with van der Waals surface area (Å²) in [5.41, 5.74) is 5.92. The molecule has 30 heavy (non-hydrogen) atoms. The minimum atomic E-state index is -0.353. The van der Waals surface area contributed by atoms with Crippen molar-refractivity contribution in [3.05, 3.63) is 94.7 Å². The molecule has 0 aliphatic heterocycles. The van der Waals surface area contributed by atoms with E-state index in [0.717, 1.165) is 22.3 Å². The van der Waals surface area contributed by atoms with E-state index in [9.17, 15) is 4.79 Å². The molecule has 0 spiro atoms. The van der Waals surface area contributed by atoms with Crippen molar-refractivity contribution in [3.63, 3.8) is 0 Å². The summed E-state index contributed by atoms with van der Waals surface area (Å²) < 4.78 is 1.56. The number of aliphatic hydroxyl groups is 1. The fourth-order valence-electron chi connectivity index (χ4n) is 3.34. The minimum absolute atomic E-state index is 0.0323. The Morgan fingerprint density at radius 1 is 1.13 bits per heavy atom. The molecule has 0 aliphatic rings. The maximum absolute atomic E-state index is 13.1. The number of rotatable bonds is 6. The molecule has 2 N–H and O–H groups in total. The summed E-state index contributed by atoms with van der Waals surface area (Å²) in [5.74, 6) is -0.295. The monoisotopic (exact) mass is 401 g/mol. The van der Waals surface area contributed by atoms with Gasteiger partial charge in [0.25, 0.3) is 5.91 Å². The topological polar surface area (TPSA) is 92.4 Å². The quantitative estimate of drug-likeness (QED) is 0.518. The van der Waals surface area contributed by atoms with E-state index in [0.29, 0.717) is 12.1 Å². The van der Waals surface area contributed by atoms with Crippen LogP contribution in [-0.2, 0) is 6.42 Å². The fourth-order valence-corrected chi connectivity index (χ4v) is 3.34. The van der Waals surface area contributed by atoms with E-state index < -0.39 is 0 Å². The predicted octanol–water partition coefficient (Wildman–Crippen LogP) is 2.80. The SMILES string of the molecule is Cc1ccc(C(NC(=O)c2cc3ncc(CCO)cn3n2)c2cccnc2)cc1C. The minimum Gasteiger partial charge on any atom is -0.396 e. The number of hydrogen-bond donors (Lipinski definition) is 2. The second-order valence-corrected chi connectivity index (χ2v) is 7.30. The molecule has 7 heteroatoms. The lowest BCUT2D eigenvalue weighted by Gasteiger charge is -2.20. The number of aryl methyl sites for hydroxylation is 2. The average Bonchev–Trinajstić information content (AvgIpc) is 3.18. The third kappa shape index (κ3) is 4.06. The molecule has 0 saturated heterocycles. The van der Waals surface area contributed by atoms with E-state index in [1.165, 1.54) is 5.56 Å². The molecule has 3 aromatic heterocycles. The maximum atomic E-state index is 13.1. The summed E-state index contributed by atoms with van der Waals surface area (Å²) in [6.45, 7) is 4.15. The summed E-state index contributed by atoms with van der Waals surface area (Å²) in [4.78, 5) is 21.6. The number of hydrogen-bond acceptors (Lipinski definition) is 5. The van der Waals surface area contributed by atoms with E-state index >= 15 is 0 Å². The molecule has 4 rings (SSSR count). The highest BCUT2D eigenvalue weighted by atomic mass is 16.3. The van der Waals surface area contributed by atoms with Gasteiger partial charge in [-0.15, -0.1) is 0 Å². The van der Waals surface area contributed by atoms with Gasteiger partial charge in [0.15, 0.2) is 11.3 Å². The number of carbonyl (C=O) groups is 1. The number of aliphatic hydroxyl groups excluding tert-OH is 1. The Morgan fingerprint density at radius 2 is 2.00 bits per heavy atom. The van der Waals surface area contributed by atoms with Gasteiger partial charge in [-0.3, -0.25) is 9.78 Å². The third-order valence-electron chi connectivity index (χ3n) is 5.16. The average molecular weight is 401 g/mol. The van der Waals surface area contributed by atoms with Crippen molar-refractivity contribution in [2.45, 2.75) is 26.3 Å². The van der Waals surface area contributed by atoms with Gasteiger partial charge < -0.3 is 10.4 Å². The largest absolute Gasteiger partial charge is 0.396 e. The molecule has 1 atom stereocenters. The van der Waals surface area contributed by atoms with Crippen LogP contribution in [0.4, 0.5) is 0 Å². The number of nitrogens with zero attached hydrogens (tertiary/aromatic N) is 4. The van der Waals surface area contributed by atoms with E-state index in [1.807, 2.05) is 18.2 Å². The smallest absolute Gasteiger partial charge is 0.272 e. The lowest BCUT2D eigenvalue weighted by Crippen LogP contribution is -2.29. The zero-order valence-corrected chi connectivity index (χ0v) is 16.9. The Labute approximate surface area is 174 Å². The Hall–Kier alpha value is -3.58. The molecule has 3 heterocycles. The lowest BCUT2D eigenvalue weighted by atomic mass is 9.96. The van der Waals surface area contributed by atoms with Gasteiger partial charge in [-0.25, -0.2) is 9.50 Å². The van der Waals surface area contributed by atoms with Gasteiger partial charge in [0, 0.05) is 37.5 Å². The number of pyridine rings is 1. The van der Waals surface area contributed by atoms with Crippen molar-refractivity contribution >= 4 is 11.6 Å². The van der Waals surface area contributed by atoms with Gasteiger partial charge in [-0.2, -0.15) is 5.10 Å². The first-order chi connectivity index (χ1) is 14.5. The van der Waals surface area contributed by atoms with Crippen molar-refractivity contribution in [2.75, 3.05) is 6.61 Å². The first kappa shape index (κ1) is 19.7. The molecule has 1 unspecified atom stereocenters. The Bertz CT molecular complexity index is 1190. The highest BCUT2D eigenvalue weighted by Gasteiger charge is 2.20. The molecule has 0 saturated carbocycles. The molecule has 152 valence electrons. The van der Waals surface area contributed by atoms with E-state index in [-0.39, 0.29) is 24.2 Å². The van der Waals surface area contributed by atoms with Crippen LogP contribution in [0.1, 0.15) is 44.3 Å². The van der Waals surface area contributed by atoms with Crippen LogP contribution in [-0.4, -0.2) is 37.2 Å². The first-order valence-electron chi connectivity index (χ1n) is 9.78. The van der Waals surface area contributed by atoms with Crippen LogP contribution in [0.3, 0.4) is 0 Å². The van der Waals surface area contributed by atoms with Crippen molar-refractivity contribution in [1.29, 1.82) is 0 Å². The molecule has 0 aliphatic carbocycles. The van der Waals surface area contributed by atoms with Crippen molar-refractivity contribution in [3.8, 4) is 0 Å². The summed E-state index contributed by atoms with van der Waals surface area (Å²) in [6.07, 6.45) is 7.41. The number of amides is 1. The van der Waals surface area contributed by atoms with Crippen LogP contribution in [0.25, 0.3) is 5.65 Å². The Balaban J connectivity index is 1.66. The van der Waals surface area contributed by atoms with Crippen molar-refractivity contribution < 1.29 is 9.90 Å². The molecule has 4 aromatic rings. The molecular formula is C23H23N5O2. The van der Waals surface area contributed by atoms with Crippen molar-refractivity contribution in [2.24, 2.45) is 0 Å². The van der Waals surface area contributed by atoms with E-state index in [1.54, 1.807) is 35.4 Å². The number of fused-ring (bicyclic) bond motifs is 1. The predicted molar refractivity (Wildman–Crippen MR) is 113 cm³/mol. The summed E-state index contributed by atoms with van der Waals surface area (Å²) in [7, 11) is 0. The van der Waals surface area contributed by atoms with Crippen LogP contribution in [0.5, 0.6) is 0 Å². The molecule has 1 aromatic carbocycles. The van der Waals surface area contributed by atoms with Crippen LogP contribution in [0, 0.1) is 13.8 Å². The maximum Gasteiger partial charge on any atom is 0.272 e. The normalized spacial score (nSPS) is 12.1. The van der Waals surface area contributed by atoms with Gasteiger partial charge in [0.05, 0.1) is 6.04 Å². The molecular weight excluding hydrogens is 378 g/mol. The zero-order valence-electron chi connectivity index (χ0n) is 16.9. The number of aromatic nitrogens is 4. The molecule has 0 bridgehead atoms. The van der Waals surface area contributed by atoms with E-state index in [4.69, 9.17) is 5.11 Å². The second kappa shape index (κ2) is 8.42. The fraction of sp³-hybridized carbons (Fsp3) is 0.217. The molecule has 7 nitrogen and oxygen atoms in total. The van der Waals surface area contributed by atoms with Gasteiger partial charge in [0.1, 0.15) is 0 Å². The Morgan fingerprint density at radius 3 is 2.73 bits per heavy atom. The second-order valence-electron chi connectivity index (χ2n) is 7.30. The lowest BCUT2D eigenvalue weighted by molar-refractivity contribution is 0.0937. The first-order valence-corrected chi connectivity index (χ1v) is 9.78. The number of nitrogens with one attached hydrogen (secondary N) is 1. The Kier molecular flexibility index (Phi) is 5.54. The molecule has 1 amide bonds. The van der Waals surface area contributed by atoms with Crippen molar-refractivity contribution in [1.82, 2.24) is 24.9 Å². The van der Waals surface area contributed by atoms with Gasteiger partial charge >= 0.3 is 0 Å². The number of benzene rings is 1. The summed E-state index contributed by atoms with van der Waals surface area (Å²) in [6, 6.07) is 11.3. The van der Waals surface area contributed by atoms with Crippen LogP contribution in [0.2, 0.25) is 0 Å². The van der Waals surface area contributed by atoms with Crippen LogP contribution < -0.4 is 5.32 Å². The highest BCUT2D eigenvalue weighted by molar-refractivity contribution is 5.93. The van der Waals surface area contributed by atoms with Gasteiger partial charge in [0.2, 0.25) is 0 Å². The summed E-state index contributed by atoms with van der Waals surface area (Å²) >= 11 is 0. The highest BCUT2D eigenvalue weighted by Crippen LogP contribution is 2.24. The van der Waals surface area contributed by atoms with Crippen LogP contribution >= 0.6 is 0 Å². The third-order valence-corrected chi connectivity index (χ3v) is 5.16. The number of carbonyl (C=O) groups excluding carboxylic acids is 1. The molecule has 0 radical (unpaired) electrons. The van der Waals surface area contributed by atoms with Gasteiger partial charge in [-0.1, -0.05) is 24.3 Å². The van der Waals surface area contributed by atoms with Gasteiger partial charge in [-0.05, 0) is 54.2 Å².